The Bertz CT molecular complexity index is 136. The van der Waals surface area contributed by atoms with Crippen molar-refractivity contribution >= 4 is 0 Å². The molecule has 34 valence electrons. The zero-order chi connectivity index (χ0) is 5.28. The second-order valence-electron chi connectivity index (χ2n) is 1.37. The Kier molecular flexibility index (Phi) is 0.895. The predicted octanol–water partition coefficient (Wildman–Crippen LogP) is 1.13. The van der Waals surface area contributed by atoms with Gasteiger partial charge in [0.25, 0.3) is 0 Å². The van der Waals surface area contributed by atoms with Gasteiger partial charge in [-0.1, -0.05) is 0 Å². The van der Waals surface area contributed by atoms with E-state index in [2.05, 4.69) is 4.98 Å². The van der Waals surface area contributed by atoms with Crippen molar-refractivity contribution in [3.8, 4) is 0 Å². The summed E-state index contributed by atoms with van der Waals surface area (Å²) in [7, 11) is 0. The van der Waals surface area contributed by atoms with Gasteiger partial charge in [-0.05, 0) is 11.1 Å². The Morgan fingerprint density at radius 1 is 1.14 bits per heavy atom. The largest absolute Gasteiger partial charge is 0.367 e. The second-order valence-corrected chi connectivity index (χ2v) is 1.37. The molecule has 0 aromatic carbocycles. The number of rotatable bonds is 0. The average molecular weight is 91.1 g/mol. The van der Waals surface area contributed by atoms with Crippen molar-refractivity contribution in [3.63, 3.8) is 0 Å². The van der Waals surface area contributed by atoms with E-state index in [1.54, 1.807) is 12.4 Å². The van der Waals surface area contributed by atoms with Crippen molar-refractivity contribution in [3.05, 3.63) is 37.4 Å². The maximum absolute atomic E-state index is 5.28. The van der Waals surface area contributed by atoms with E-state index in [1.165, 1.54) is 0 Å². The maximum Gasteiger partial charge on any atom is 0.00436 e. The standard InChI is InChI=1S/C6H5N/c1-5-3-7-4-6(5)2/h1-4,7H. The molecule has 1 aromatic heterocycles. The molecular weight excluding hydrogens is 86.1 g/mol. The third-order valence-corrected chi connectivity index (χ3v) is 0.811. The first-order valence-electron chi connectivity index (χ1n) is 1.98. The van der Waals surface area contributed by atoms with Crippen LogP contribution in [0.3, 0.4) is 0 Å². The van der Waals surface area contributed by atoms with Gasteiger partial charge in [-0.15, -0.1) is 0 Å². The first-order valence-corrected chi connectivity index (χ1v) is 1.98. The number of hydrogen-bond acceptors (Lipinski definition) is 0. The quantitative estimate of drug-likeness (QED) is 0.492. The molecule has 0 atom stereocenters. The van der Waals surface area contributed by atoms with Gasteiger partial charge in [0.1, 0.15) is 0 Å². The van der Waals surface area contributed by atoms with E-state index in [0.29, 0.717) is 11.1 Å². The van der Waals surface area contributed by atoms with E-state index >= 15 is 0 Å². The fourth-order valence-corrected chi connectivity index (χ4v) is 0.388. The van der Waals surface area contributed by atoms with Gasteiger partial charge < -0.3 is 4.98 Å². The van der Waals surface area contributed by atoms with E-state index in [9.17, 15) is 0 Å². The third-order valence-electron chi connectivity index (χ3n) is 0.811. The average Bonchev–Trinajstić information content (AvgIpc) is 1.91. The van der Waals surface area contributed by atoms with Crippen molar-refractivity contribution in [1.82, 2.24) is 4.98 Å². The molecule has 1 heteroatoms. The summed E-state index contributed by atoms with van der Waals surface area (Å²) >= 11 is 0. The second kappa shape index (κ2) is 1.41. The number of hydrogen-bond donors (Lipinski definition) is 1. The van der Waals surface area contributed by atoms with Crippen molar-refractivity contribution in [2.24, 2.45) is 0 Å². The Morgan fingerprint density at radius 3 is 1.71 bits per heavy atom. The molecule has 0 spiro atoms. The SMILES string of the molecule is [CH]c1c[nH]cc1[CH]. The van der Waals surface area contributed by atoms with Crippen LogP contribution in [0.25, 0.3) is 0 Å². The summed E-state index contributed by atoms with van der Waals surface area (Å²) in [6.07, 6.45) is 3.30. The lowest BCUT2D eigenvalue weighted by Crippen LogP contribution is -1.63. The number of aromatic nitrogens is 1. The van der Waals surface area contributed by atoms with E-state index in [-0.39, 0.29) is 0 Å². The molecule has 1 N–H and O–H groups in total. The summed E-state index contributed by atoms with van der Waals surface area (Å²) in [5.74, 6) is 0. The molecule has 0 saturated carbocycles. The highest BCUT2D eigenvalue weighted by Crippen LogP contribution is 2.00. The highest BCUT2D eigenvalue weighted by atomic mass is 14.6. The van der Waals surface area contributed by atoms with Gasteiger partial charge in [-0.2, -0.15) is 0 Å². The monoisotopic (exact) mass is 91.0 g/mol. The fourth-order valence-electron chi connectivity index (χ4n) is 0.388. The molecule has 0 fully saturated rings. The van der Waals surface area contributed by atoms with Crippen LogP contribution in [0.5, 0.6) is 0 Å². The van der Waals surface area contributed by atoms with Crippen molar-refractivity contribution in [1.29, 1.82) is 0 Å². The molecule has 0 saturated heterocycles. The zero-order valence-corrected chi connectivity index (χ0v) is 3.81. The Hall–Kier alpha value is -0.720. The highest BCUT2D eigenvalue weighted by Gasteiger charge is 1.86. The Morgan fingerprint density at radius 2 is 1.57 bits per heavy atom. The van der Waals surface area contributed by atoms with E-state index in [1.807, 2.05) is 0 Å². The molecular formula is C6H5N. The Balaban J connectivity index is 3.12. The lowest BCUT2D eigenvalue weighted by atomic mass is 10.2. The number of H-pyrrole nitrogens is 1. The van der Waals surface area contributed by atoms with Gasteiger partial charge in [-0.3, -0.25) is 0 Å². The van der Waals surface area contributed by atoms with Crippen LogP contribution < -0.4 is 0 Å². The first kappa shape index (κ1) is 4.44. The van der Waals surface area contributed by atoms with Crippen LogP contribution in [0.1, 0.15) is 11.1 Å². The molecule has 1 rings (SSSR count). The minimum atomic E-state index is 0.611. The van der Waals surface area contributed by atoms with Gasteiger partial charge in [-0.25, -0.2) is 0 Å². The smallest absolute Gasteiger partial charge is 0.00436 e. The predicted molar refractivity (Wildman–Crippen MR) is 27.6 cm³/mol. The molecule has 0 unspecified atom stereocenters. The van der Waals surface area contributed by atoms with Crippen molar-refractivity contribution in [2.75, 3.05) is 0 Å². The van der Waals surface area contributed by atoms with E-state index in [4.69, 9.17) is 13.8 Å². The molecule has 0 aliphatic heterocycles. The first-order chi connectivity index (χ1) is 3.30. The summed E-state index contributed by atoms with van der Waals surface area (Å²) in [6.45, 7) is 10.6. The molecule has 4 radical (unpaired) electrons. The van der Waals surface area contributed by atoms with Crippen LogP contribution in [0.15, 0.2) is 12.4 Å². The third kappa shape index (κ3) is 0.660. The van der Waals surface area contributed by atoms with Gasteiger partial charge in [0.05, 0.1) is 0 Å². The molecule has 1 heterocycles. The van der Waals surface area contributed by atoms with Crippen LogP contribution in [-0.2, 0) is 0 Å². The minimum Gasteiger partial charge on any atom is -0.367 e. The Labute approximate surface area is 43.4 Å². The lowest BCUT2D eigenvalue weighted by molar-refractivity contribution is 1.40. The molecule has 0 aliphatic carbocycles. The van der Waals surface area contributed by atoms with Gasteiger partial charge in [0.2, 0.25) is 0 Å². The lowest BCUT2D eigenvalue weighted by Gasteiger charge is -1.78. The topological polar surface area (TPSA) is 15.8 Å². The molecule has 0 aliphatic rings. The van der Waals surface area contributed by atoms with E-state index < -0.39 is 0 Å². The van der Waals surface area contributed by atoms with Crippen LogP contribution >= 0.6 is 0 Å². The van der Waals surface area contributed by atoms with Gasteiger partial charge >= 0.3 is 0 Å². The van der Waals surface area contributed by atoms with Crippen molar-refractivity contribution < 1.29 is 0 Å². The van der Waals surface area contributed by atoms with Crippen LogP contribution in [0, 0.1) is 13.8 Å². The van der Waals surface area contributed by atoms with Crippen molar-refractivity contribution in [2.45, 2.75) is 0 Å². The van der Waals surface area contributed by atoms with Crippen LogP contribution in [0.2, 0.25) is 0 Å². The molecule has 0 bridgehead atoms. The summed E-state index contributed by atoms with van der Waals surface area (Å²) in [5.41, 5.74) is 1.22. The summed E-state index contributed by atoms with van der Waals surface area (Å²) in [5, 5.41) is 0. The molecule has 1 nitrogen and oxygen atoms in total. The zero-order valence-electron chi connectivity index (χ0n) is 3.81. The van der Waals surface area contributed by atoms with Gasteiger partial charge in [0.15, 0.2) is 0 Å². The van der Waals surface area contributed by atoms with Crippen LogP contribution in [-0.4, -0.2) is 4.98 Å². The number of nitrogens with one attached hydrogen (secondary N) is 1. The molecule has 1 aromatic rings. The van der Waals surface area contributed by atoms with E-state index in [0.717, 1.165) is 0 Å². The summed E-state index contributed by atoms with van der Waals surface area (Å²) in [6, 6.07) is 0. The fraction of sp³-hybridized carbons (Fsp3) is 0. The maximum atomic E-state index is 5.28. The highest BCUT2D eigenvalue weighted by molar-refractivity contribution is 5.27. The van der Waals surface area contributed by atoms with Gasteiger partial charge in [0, 0.05) is 26.2 Å². The minimum absolute atomic E-state index is 0.611. The van der Waals surface area contributed by atoms with Crippen LogP contribution in [0.4, 0.5) is 0 Å². The number of aromatic amines is 1. The summed E-state index contributed by atoms with van der Waals surface area (Å²) in [4.78, 5) is 2.75. The molecule has 7 heavy (non-hydrogen) atoms. The normalized spacial score (nSPS) is 9.43. The molecule has 0 amide bonds. The summed E-state index contributed by atoms with van der Waals surface area (Å²) < 4.78 is 0.